The molecule has 98 valence electrons. The first-order valence-corrected chi connectivity index (χ1v) is 6.22. The predicted molar refractivity (Wildman–Crippen MR) is 75.0 cm³/mol. The summed E-state index contributed by atoms with van der Waals surface area (Å²) >= 11 is 5.96. The number of benzene rings is 1. The van der Waals surface area contributed by atoms with Gasteiger partial charge in [0.1, 0.15) is 0 Å². The Labute approximate surface area is 116 Å². The summed E-state index contributed by atoms with van der Waals surface area (Å²) in [5.41, 5.74) is 1.15. The smallest absolute Gasteiger partial charge is 0.228 e. The zero-order valence-corrected chi connectivity index (χ0v) is 11.2. The average molecular weight is 277 g/mol. The highest BCUT2D eigenvalue weighted by Gasteiger charge is 2.30. The molecular formula is C14H13ClN2O2. The van der Waals surface area contributed by atoms with Gasteiger partial charge >= 0.3 is 0 Å². The molecule has 1 N–H and O–H groups in total. The van der Waals surface area contributed by atoms with E-state index < -0.39 is 0 Å². The van der Waals surface area contributed by atoms with Gasteiger partial charge in [-0.15, -0.1) is 12.3 Å². The number of amides is 2. The van der Waals surface area contributed by atoms with E-state index in [-0.39, 0.29) is 17.7 Å². The Balaban J connectivity index is 2.38. The summed E-state index contributed by atoms with van der Waals surface area (Å²) in [6.45, 7) is 1.86. The van der Waals surface area contributed by atoms with E-state index in [1.54, 1.807) is 23.1 Å². The molecule has 0 spiro atoms. The predicted octanol–water partition coefficient (Wildman–Crippen LogP) is 2.28. The molecule has 0 aromatic heterocycles. The molecule has 1 aliphatic heterocycles. The molecule has 0 saturated carbocycles. The van der Waals surface area contributed by atoms with Crippen molar-refractivity contribution in [2.24, 2.45) is 5.92 Å². The number of hydrogen-bond donors (Lipinski definition) is 1. The minimum atomic E-state index is -0.205. The Kier molecular flexibility index (Phi) is 3.77. The number of rotatable bonds is 2. The Morgan fingerprint density at radius 2 is 2.32 bits per heavy atom. The fourth-order valence-electron chi connectivity index (χ4n) is 2.08. The number of nitrogens with one attached hydrogen (secondary N) is 1. The quantitative estimate of drug-likeness (QED) is 0.843. The molecule has 2 amide bonds. The molecule has 0 radical (unpaired) electrons. The van der Waals surface area contributed by atoms with E-state index in [0.717, 1.165) is 0 Å². The minimum Gasteiger partial charge on any atom is -0.325 e. The third-order valence-corrected chi connectivity index (χ3v) is 3.16. The summed E-state index contributed by atoms with van der Waals surface area (Å²) in [4.78, 5) is 24.7. The van der Waals surface area contributed by atoms with E-state index in [2.05, 4.69) is 11.2 Å². The van der Waals surface area contributed by atoms with Crippen LogP contribution in [-0.2, 0) is 9.59 Å². The van der Waals surface area contributed by atoms with Crippen LogP contribution in [0.4, 0.5) is 11.4 Å². The van der Waals surface area contributed by atoms with Crippen LogP contribution in [0.15, 0.2) is 18.2 Å². The lowest BCUT2D eigenvalue weighted by molar-refractivity contribution is -0.117. The molecule has 1 atom stereocenters. The highest BCUT2D eigenvalue weighted by atomic mass is 35.5. The molecule has 1 aromatic carbocycles. The summed E-state index contributed by atoms with van der Waals surface area (Å²) < 4.78 is 0. The molecule has 4 nitrogen and oxygen atoms in total. The lowest BCUT2D eigenvalue weighted by atomic mass is 10.1. The van der Waals surface area contributed by atoms with Crippen LogP contribution in [0.2, 0.25) is 5.02 Å². The third kappa shape index (κ3) is 2.88. The first kappa shape index (κ1) is 13.4. The van der Waals surface area contributed by atoms with Gasteiger partial charge in [-0.1, -0.05) is 11.6 Å². The van der Waals surface area contributed by atoms with E-state index in [9.17, 15) is 9.59 Å². The van der Waals surface area contributed by atoms with Crippen molar-refractivity contribution >= 4 is 34.8 Å². The summed E-state index contributed by atoms with van der Waals surface area (Å²) in [7, 11) is 0. The van der Waals surface area contributed by atoms with Crippen molar-refractivity contribution in [2.45, 2.75) is 13.3 Å². The number of nitrogens with zero attached hydrogens (tertiary/aromatic N) is 1. The first-order chi connectivity index (χ1) is 9.01. The Morgan fingerprint density at radius 3 is 2.89 bits per heavy atom. The van der Waals surface area contributed by atoms with Crippen molar-refractivity contribution in [1.82, 2.24) is 0 Å². The second-order valence-corrected chi connectivity index (χ2v) is 4.85. The molecule has 19 heavy (non-hydrogen) atoms. The largest absolute Gasteiger partial charge is 0.325 e. The molecule has 1 heterocycles. The van der Waals surface area contributed by atoms with Gasteiger partial charge in [0.05, 0.1) is 11.4 Å². The van der Waals surface area contributed by atoms with Crippen LogP contribution in [0.25, 0.3) is 0 Å². The standard InChI is InChI=1S/C14H13ClN2O2/c1-3-10-6-14(19)17(8-10)13-7-11(15)4-5-12(13)16-9(2)18/h1,4-5,7,10H,6,8H2,2H3,(H,16,18). The molecular weight excluding hydrogens is 264 g/mol. The maximum atomic E-state index is 12.0. The molecule has 2 rings (SSSR count). The molecule has 5 heteroatoms. The van der Waals surface area contributed by atoms with Crippen molar-refractivity contribution in [3.63, 3.8) is 0 Å². The maximum Gasteiger partial charge on any atom is 0.228 e. The molecule has 1 unspecified atom stereocenters. The van der Waals surface area contributed by atoms with Crippen molar-refractivity contribution in [2.75, 3.05) is 16.8 Å². The van der Waals surface area contributed by atoms with Crippen molar-refractivity contribution in [3.05, 3.63) is 23.2 Å². The second-order valence-electron chi connectivity index (χ2n) is 4.41. The summed E-state index contributed by atoms with van der Waals surface area (Å²) in [5.74, 6) is 2.22. The second kappa shape index (κ2) is 5.33. The fraction of sp³-hybridized carbons (Fsp3) is 0.286. The van der Waals surface area contributed by atoms with E-state index in [0.29, 0.717) is 29.4 Å². The molecule has 1 saturated heterocycles. The Morgan fingerprint density at radius 1 is 1.58 bits per heavy atom. The topological polar surface area (TPSA) is 49.4 Å². The number of carbonyl (C=O) groups excluding carboxylic acids is 2. The van der Waals surface area contributed by atoms with E-state index in [1.807, 2.05) is 0 Å². The monoisotopic (exact) mass is 276 g/mol. The van der Waals surface area contributed by atoms with Gasteiger partial charge in [-0.2, -0.15) is 0 Å². The van der Waals surface area contributed by atoms with Crippen LogP contribution < -0.4 is 10.2 Å². The zero-order valence-electron chi connectivity index (χ0n) is 10.4. The Bertz CT molecular complexity index is 577. The molecule has 1 fully saturated rings. The lowest BCUT2D eigenvalue weighted by Crippen LogP contribution is -2.26. The lowest BCUT2D eigenvalue weighted by Gasteiger charge is -2.20. The van der Waals surface area contributed by atoms with E-state index in [1.165, 1.54) is 6.92 Å². The number of anilines is 2. The number of hydrogen-bond acceptors (Lipinski definition) is 2. The van der Waals surface area contributed by atoms with Gasteiger partial charge in [0.15, 0.2) is 0 Å². The third-order valence-electron chi connectivity index (χ3n) is 2.92. The fourth-order valence-corrected chi connectivity index (χ4v) is 2.24. The Hall–Kier alpha value is -1.99. The molecule has 1 aromatic rings. The molecule has 0 aliphatic carbocycles. The SMILES string of the molecule is C#CC1CC(=O)N(c2cc(Cl)ccc2NC(C)=O)C1. The average Bonchev–Trinajstić information content (AvgIpc) is 2.72. The van der Waals surface area contributed by atoms with Crippen LogP contribution in [-0.4, -0.2) is 18.4 Å². The van der Waals surface area contributed by atoms with Crippen LogP contribution in [0.3, 0.4) is 0 Å². The first-order valence-electron chi connectivity index (χ1n) is 5.85. The molecule has 1 aliphatic rings. The maximum absolute atomic E-state index is 12.0. The number of carbonyl (C=O) groups is 2. The summed E-state index contributed by atoms with van der Waals surface area (Å²) in [6, 6.07) is 4.99. The van der Waals surface area contributed by atoms with Crippen LogP contribution in [0.1, 0.15) is 13.3 Å². The zero-order chi connectivity index (χ0) is 14.0. The van der Waals surface area contributed by atoms with Crippen LogP contribution >= 0.6 is 11.6 Å². The van der Waals surface area contributed by atoms with Gasteiger partial charge in [-0.25, -0.2) is 0 Å². The highest BCUT2D eigenvalue weighted by Crippen LogP contribution is 2.33. The highest BCUT2D eigenvalue weighted by molar-refractivity contribution is 6.31. The van der Waals surface area contributed by atoms with E-state index in [4.69, 9.17) is 18.0 Å². The summed E-state index contributed by atoms with van der Waals surface area (Å²) in [6.07, 6.45) is 5.68. The number of halogens is 1. The van der Waals surface area contributed by atoms with E-state index >= 15 is 0 Å². The van der Waals surface area contributed by atoms with Crippen LogP contribution in [0, 0.1) is 18.3 Å². The number of terminal acetylenes is 1. The molecule has 0 bridgehead atoms. The van der Waals surface area contributed by atoms with Crippen LogP contribution in [0.5, 0.6) is 0 Å². The van der Waals surface area contributed by atoms with Crippen molar-refractivity contribution < 1.29 is 9.59 Å². The van der Waals surface area contributed by atoms with Gasteiger partial charge in [-0.3, -0.25) is 9.59 Å². The summed E-state index contributed by atoms with van der Waals surface area (Å²) in [5, 5.41) is 3.19. The normalized spacial score (nSPS) is 18.3. The van der Waals surface area contributed by atoms with Gasteiger partial charge in [0, 0.05) is 30.8 Å². The van der Waals surface area contributed by atoms with Gasteiger partial charge in [0.2, 0.25) is 11.8 Å². The van der Waals surface area contributed by atoms with Crippen molar-refractivity contribution in [3.8, 4) is 12.3 Å². The minimum absolute atomic E-state index is 0.0585. The van der Waals surface area contributed by atoms with Gasteiger partial charge < -0.3 is 10.2 Å². The van der Waals surface area contributed by atoms with Gasteiger partial charge in [-0.05, 0) is 18.2 Å². The van der Waals surface area contributed by atoms with Crippen molar-refractivity contribution in [1.29, 1.82) is 0 Å². The van der Waals surface area contributed by atoms with Gasteiger partial charge in [0.25, 0.3) is 0 Å².